The number of rotatable bonds is 3. The maximum absolute atomic E-state index is 11.4. The molecule has 0 amide bonds. The van der Waals surface area contributed by atoms with Crippen molar-refractivity contribution in [2.75, 3.05) is 18.1 Å². The molecule has 5 nitrogen and oxygen atoms in total. The van der Waals surface area contributed by atoms with Crippen molar-refractivity contribution in [1.82, 2.24) is 0 Å². The maximum atomic E-state index is 11.4. The first-order chi connectivity index (χ1) is 7.88. The fraction of sp³-hybridized carbons (Fsp3) is 0.364. The number of anilines is 1. The molecule has 2 rings (SSSR count). The van der Waals surface area contributed by atoms with E-state index < -0.39 is 15.8 Å². The second-order valence-electron chi connectivity index (χ2n) is 4.20. The van der Waals surface area contributed by atoms with Gasteiger partial charge in [-0.15, -0.1) is 0 Å². The van der Waals surface area contributed by atoms with Gasteiger partial charge in [0.1, 0.15) is 0 Å². The average Bonchev–Trinajstić information content (AvgIpc) is 2.59. The van der Waals surface area contributed by atoms with Crippen molar-refractivity contribution < 1.29 is 18.3 Å². The molecule has 1 aliphatic heterocycles. The van der Waals surface area contributed by atoms with Gasteiger partial charge < -0.3 is 10.4 Å². The number of hydrogen-bond donors (Lipinski definition) is 2. The number of hydrogen-bond acceptors (Lipinski definition) is 4. The number of aliphatic carboxylic acids is 1. The zero-order valence-electron chi connectivity index (χ0n) is 9.30. The number of carboxylic acids is 1. The lowest BCUT2D eigenvalue weighted by Gasteiger charge is -2.08. The normalized spacial score (nSPS) is 18.5. The van der Waals surface area contributed by atoms with Gasteiger partial charge in [-0.05, 0) is 23.8 Å². The minimum atomic E-state index is -3.25. The predicted molar refractivity (Wildman–Crippen MR) is 63.0 cm³/mol. The van der Waals surface area contributed by atoms with Gasteiger partial charge in [0.25, 0.3) is 0 Å². The maximum Gasteiger partial charge on any atom is 0.304 e. The van der Waals surface area contributed by atoms with Crippen molar-refractivity contribution in [3.8, 4) is 0 Å². The van der Waals surface area contributed by atoms with Crippen LogP contribution in [-0.2, 0) is 14.6 Å². The molecule has 17 heavy (non-hydrogen) atoms. The Morgan fingerprint density at radius 3 is 2.82 bits per heavy atom. The minimum Gasteiger partial charge on any atom is -0.481 e. The average molecular weight is 255 g/mol. The highest BCUT2D eigenvalue weighted by Crippen LogP contribution is 2.35. The van der Waals surface area contributed by atoms with Crippen LogP contribution in [0.4, 0.5) is 5.69 Å². The molecule has 1 atom stereocenters. The fourth-order valence-corrected chi connectivity index (χ4v) is 2.66. The number of carboxylic acid groups (broad SMARTS) is 1. The summed E-state index contributed by atoms with van der Waals surface area (Å²) in [6.07, 6.45) is 1.15. The molecule has 92 valence electrons. The molecule has 6 heteroatoms. The van der Waals surface area contributed by atoms with E-state index in [1.54, 1.807) is 12.1 Å². The van der Waals surface area contributed by atoms with E-state index in [2.05, 4.69) is 5.32 Å². The Hall–Kier alpha value is -1.56. The van der Waals surface area contributed by atoms with Crippen molar-refractivity contribution in [1.29, 1.82) is 0 Å². The highest BCUT2D eigenvalue weighted by Gasteiger charge is 2.25. The summed E-state index contributed by atoms with van der Waals surface area (Å²) in [5, 5.41) is 11.9. The zero-order chi connectivity index (χ0) is 12.6. The standard InChI is InChI=1S/C11H13NO4S/c1-17(15,16)8-2-3-10-9(5-8)7(6-12-10)4-11(13)14/h2-3,5,7,12H,4,6H2,1H3,(H,13,14). The van der Waals surface area contributed by atoms with Crippen molar-refractivity contribution in [3.05, 3.63) is 23.8 Å². The van der Waals surface area contributed by atoms with Gasteiger partial charge >= 0.3 is 5.97 Å². The Bertz CT molecular complexity index is 565. The largest absolute Gasteiger partial charge is 0.481 e. The second kappa shape index (κ2) is 4.03. The summed E-state index contributed by atoms with van der Waals surface area (Å²) >= 11 is 0. The Labute approximate surface area is 99.4 Å². The minimum absolute atomic E-state index is 0.00716. The number of benzene rings is 1. The highest BCUT2D eigenvalue weighted by atomic mass is 32.2. The first-order valence-corrected chi connectivity index (χ1v) is 7.07. The lowest BCUT2D eigenvalue weighted by molar-refractivity contribution is -0.137. The summed E-state index contributed by atoms with van der Waals surface area (Å²) in [5.74, 6) is -1.04. The van der Waals surface area contributed by atoms with Crippen LogP contribution in [0.25, 0.3) is 0 Å². The van der Waals surface area contributed by atoms with Crippen LogP contribution in [0.1, 0.15) is 17.9 Å². The summed E-state index contributed by atoms with van der Waals surface area (Å²) < 4.78 is 22.8. The van der Waals surface area contributed by atoms with Crippen LogP contribution in [0.2, 0.25) is 0 Å². The molecule has 0 aromatic heterocycles. The van der Waals surface area contributed by atoms with Gasteiger partial charge in [0.2, 0.25) is 0 Å². The number of sulfone groups is 1. The molecular weight excluding hydrogens is 242 g/mol. The van der Waals surface area contributed by atoms with Crippen molar-refractivity contribution in [2.45, 2.75) is 17.2 Å². The van der Waals surface area contributed by atoms with Gasteiger partial charge in [-0.2, -0.15) is 0 Å². The molecule has 1 aliphatic rings. The van der Waals surface area contributed by atoms with Gasteiger partial charge in [-0.1, -0.05) is 0 Å². The molecule has 1 aromatic rings. The van der Waals surface area contributed by atoms with Crippen LogP contribution >= 0.6 is 0 Å². The molecule has 0 aliphatic carbocycles. The van der Waals surface area contributed by atoms with Gasteiger partial charge in [0, 0.05) is 24.4 Å². The summed E-state index contributed by atoms with van der Waals surface area (Å²) in [7, 11) is -3.25. The first kappa shape index (κ1) is 11.9. The zero-order valence-corrected chi connectivity index (χ0v) is 10.1. The molecular formula is C11H13NO4S. The van der Waals surface area contributed by atoms with E-state index in [-0.39, 0.29) is 17.2 Å². The molecule has 2 N–H and O–H groups in total. The summed E-state index contributed by atoms with van der Waals surface area (Å²) in [5.41, 5.74) is 1.60. The fourth-order valence-electron chi connectivity index (χ4n) is 2.01. The SMILES string of the molecule is CS(=O)(=O)c1ccc2c(c1)C(CC(=O)O)CN2. The topological polar surface area (TPSA) is 83.5 Å². The Balaban J connectivity index is 2.40. The smallest absolute Gasteiger partial charge is 0.304 e. The predicted octanol–water partition coefficient (Wildman–Crippen LogP) is 1.07. The van der Waals surface area contributed by atoms with Crippen LogP contribution in [0.3, 0.4) is 0 Å². The molecule has 0 saturated heterocycles. The summed E-state index contributed by atoms with van der Waals surface area (Å²) in [4.78, 5) is 10.9. The van der Waals surface area contributed by atoms with Crippen molar-refractivity contribution in [3.63, 3.8) is 0 Å². The molecule has 1 aromatic carbocycles. The molecule has 0 saturated carbocycles. The third-order valence-corrected chi connectivity index (χ3v) is 3.96. The van der Waals surface area contributed by atoms with Gasteiger partial charge in [0.15, 0.2) is 9.84 Å². The monoisotopic (exact) mass is 255 g/mol. The summed E-state index contributed by atoms with van der Waals surface area (Å²) in [6.45, 7) is 0.537. The summed E-state index contributed by atoms with van der Waals surface area (Å²) in [6, 6.07) is 4.79. The van der Waals surface area contributed by atoms with Gasteiger partial charge in [-0.3, -0.25) is 4.79 Å². The van der Waals surface area contributed by atoms with E-state index in [4.69, 9.17) is 5.11 Å². The van der Waals surface area contributed by atoms with E-state index in [0.717, 1.165) is 17.5 Å². The van der Waals surface area contributed by atoms with Crippen LogP contribution in [0, 0.1) is 0 Å². The molecule has 1 heterocycles. The Kier molecular flexibility index (Phi) is 2.82. The van der Waals surface area contributed by atoms with Crippen LogP contribution < -0.4 is 5.32 Å². The number of fused-ring (bicyclic) bond motifs is 1. The molecule has 1 unspecified atom stereocenters. The Morgan fingerprint density at radius 2 is 2.24 bits per heavy atom. The molecule has 0 fully saturated rings. The van der Waals surface area contributed by atoms with E-state index in [1.165, 1.54) is 6.07 Å². The third kappa shape index (κ3) is 2.41. The van der Waals surface area contributed by atoms with Crippen LogP contribution in [-0.4, -0.2) is 32.3 Å². The molecule has 0 radical (unpaired) electrons. The second-order valence-corrected chi connectivity index (χ2v) is 6.21. The number of nitrogens with one attached hydrogen (secondary N) is 1. The van der Waals surface area contributed by atoms with E-state index >= 15 is 0 Å². The highest BCUT2D eigenvalue weighted by molar-refractivity contribution is 7.90. The van der Waals surface area contributed by atoms with Crippen molar-refractivity contribution in [2.24, 2.45) is 0 Å². The van der Waals surface area contributed by atoms with Crippen molar-refractivity contribution >= 4 is 21.5 Å². The van der Waals surface area contributed by atoms with E-state index in [9.17, 15) is 13.2 Å². The van der Waals surface area contributed by atoms with Gasteiger partial charge in [-0.25, -0.2) is 8.42 Å². The van der Waals surface area contributed by atoms with Crippen LogP contribution in [0.15, 0.2) is 23.1 Å². The lowest BCUT2D eigenvalue weighted by atomic mass is 9.98. The van der Waals surface area contributed by atoms with Crippen LogP contribution in [0.5, 0.6) is 0 Å². The molecule has 0 spiro atoms. The Morgan fingerprint density at radius 1 is 1.53 bits per heavy atom. The third-order valence-electron chi connectivity index (χ3n) is 2.85. The lowest BCUT2D eigenvalue weighted by Crippen LogP contribution is -2.08. The van der Waals surface area contributed by atoms with E-state index in [0.29, 0.717) is 6.54 Å². The first-order valence-electron chi connectivity index (χ1n) is 5.17. The number of carbonyl (C=O) groups is 1. The van der Waals surface area contributed by atoms with Gasteiger partial charge in [0.05, 0.1) is 11.3 Å². The molecule has 0 bridgehead atoms. The quantitative estimate of drug-likeness (QED) is 0.844. The van der Waals surface area contributed by atoms with E-state index in [1.807, 2.05) is 0 Å².